The summed E-state index contributed by atoms with van der Waals surface area (Å²) in [6.45, 7) is 1.24. The Balaban J connectivity index is 1.31. The average molecular weight is 518 g/mol. The lowest BCUT2D eigenvalue weighted by atomic mass is 10.1. The van der Waals surface area contributed by atoms with Gasteiger partial charge in [0.2, 0.25) is 0 Å². The molecule has 1 saturated heterocycles. The minimum absolute atomic E-state index is 0.100. The van der Waals surface area contributed by atoms with Gasteiger partial charge in [-0.3, -0.25) is 9.59 Å². The number of benzene rings is 1. The number of aliphatic hydroxyl groups is 1. The molecule has 0 bridgehead atoms. The van der Waals surface area contributed by atoms with Crippen LogP contribution in [0.15, 0.2) is 44.0 Å². The zero-order chi connectivity index (χ0) is 25.8. The number of hydrogen-bond donors (Lipinski definition) is 1. The van der Waals surface area contributed by atoms with Gasteiger partial charge in [0.15, 0.2) is 12.0 Å². The van der Waals surface area contributed by atoms with E-state index in [0.717, 1.165) is 11.5 Å². The highest BCUT2D eigenvalue weighted by Gasteiger charge is 2.32. The molecule has 1 fully saturated rings. The number of hydrogen-bond acceptors (Lipinski definition) is 9. The van der Waals surface area contributed by atoms with Crippen LogP contribution < -0.4 is 10.4 Å². The van der Waals surface area contributed by atoms with E-state index >= 15 is 0 Å². The number of carbonyl (C=O) groups excluding carboxylic acids is 3. The third-order valence-corrected chi connectivity index (χ3v) is 5.90. The van der Waals surface area contributed by atoms with Crippen molar-refractivity contribution in [2.45, 2.75) is 58.1 Å². The molecule has 0 radical (unpaired) electrons. The van der Waals surface area contributed by atoms with Crippen molar-refractivity contribution in [1.82, 2.24) is 5.06 Å². The second-order valence-corrected chi connectivity index (χ2v) is 8.80. The summed E-state index contributed by atoms with van der Waals surface area (Å²) < 4.78 is 16.2. The van der Waals surface area contributed by atoms with Crippen molar-refractivity contribution >= 4 is 40.4 Å². The molecule has 0 aliphatic carbocycles. The maximum absolute atomic E-state index is 12.5. The molecule has 1 unspecified atom stereocenters. The fraction of sp³-hybridized carbons (Fsp3) is 0.360. The summed E-state index contributed by atoms with van der Waals surface area (Å²) in [5.74, 6) is -0.397. The lowest BCUT2D eigenvalue weighted by molar-refractivity contribution is -0.220. The van der Waals surface area contributed by atoms with E-state index in [-0.39, 0.29) is 41.2 Å². The number of halogens is 1. The van der Waals surface area contributed by atoms with Crippen LogP contribution in [0.3, 0.4) is 0 Å². The fourth-order valence-corrected chi connectivity index (χ4v) is 4.05. The topological polar surface area (TPSA) is 136 Å². The van der Waals surface area contributed by atoms with E-state index in [1.54, 1.807) is 18.2 Å². The van der Waals surface area contributed by atoms with Crippen molar-refractivity contribution in [3.63, 3.8) is 0 Å². The van der Waals surface area contributed by atoms with Crippen LogP contribution in [0.1, 0.15) is 51.2 Å². The molecule has 2 aromatic heterocycles. The zero-order valence-corrected chi connectivity index (χ0v) is 20.2. The number of nitrogens with zero attached hydrogens (tertiary/aromatic N) is 1. The molecule has 0 saturated carbocycles. The number of esters is 1. The van der Waals surface area contributed by atoms with Crippen LogP contribution in [0.4, 0.5) is 0 Å². The first-order chi connectivity index (χ1) is 17.2. The molecule has 1 atom stereocenters. The number of carbonyl (C=O) groups is 3. The summed E-state index contributed by atoms with van der Waals surface area (Å²) in [7, 11) is 0. The Morgan fingerprint density at radius 3 is 2.67 bits per heavy atom. The number of hydroxylamine groups is 2. The van der Waals surface area contributed by atoms with Gasteiger partial charge in [0.1, 0.15) is 22.7 Å². The molecular weight excluding hydrogens is 494 g/mol. The predicted molar refractivity (Wildman–Crippen MR) is 127 cm³/mol. The van der Waals surface area contributed by atoms with Crippen LogP contribution >= 0.6 is 11.6 Å². The number of fused-ring (bicyclic) bond motifs is 1. The van der Waals surface area contributed by atoms with Crippen molar-refractivity contribution in [3.05, 3.63) is 51.5 Å². The molecule has 0 spiro atoms. The van der Waals surface area contributed by atoms with Crippen LogP contribution in [-0.2, 0) is 25.6 Å². The minimum Gasteiger partial charge on any atom is -0.461 e. The Morgan fingerprint density at radius 1 is 1.14 bits per heavy atom. The SMILES string of the molecule is CC(=O)Oc1cc2oc(=O)c(-c3ccc(CCCCCC(=O)ON4C(=O)CCC4O)o3)cc2cc1Cl. The molecular formula is C25H24ClNO9. The molecule has 36 heavy (non-hydrogen) atoms. The molecule has 1 aromatic carbocycles. The number of rotatable bonds is 9. The molecule has 10 nitrogen and oxygen atoms in total. The van der Waals surface area contributed by atoms with Gasteiger partial charge in [-0.15, -0.1) is 5.06 Å². The van der Waals surface area contributed by atoms with E-state index in [9.17, 15) is 24.3 Å². The Bertz CT molecular complexity index is 1360. The molecule has 1 amide bonds. The molecule has 1 N–H and O–H groups in total. The van der Waals surface area contributed by atoms with E-state index in [1.165, 1.54) is 19.1 Å². The van der Waals surface area contributed by atoms with Gasteiger partial charge in [0, 0.05) is 44.1 Å². The van der Waals surface area contributed by atoms with E-state index in [4.69, 9.17) is 30.0 Å². The standard InChI is InChI=1S/C25H24ClNO9/c1-14(28)33-21-13-20-15(12-18(21)26)11-17(25(32)35-20)19-8-7-16(34-19)5-3-2-4-6-24(31)36-27-22(29)9-10-23(27)30/h7-8,11-13,22,29H,2-6,9-10H2,1H3. The van der Waals surface area contributed by atoms with Gasteiger partial charge in [-0.1, -0.05) is 18.0 Å². The van der Waals surface area contributed by atoms with Gasteiger partial charge in [0.25, 0.3) is 5.91 Å². The highest BCUT2D eigenvalue weighted by molar-refractivity contribution is 6.33. The number of ether oxygens (including phenoxy) is 1. The Kier molecular flexibility index (Phi) is 7.76. The second-order valence-electron chi connectivity index (χ2n) is 8.39. The van der Waals surface area contributed by atoms with Gasteiger partial charge < -0.3 is 23.5 Å². The first-order valence-corrected chi connectivity index (χ1v) is 11.8. The largest absolute Gasteiger partial charge is 0.461 e. The van der Waals surface area contributed by atoms with Gasteiger partial charge in [-0.25, -0.2) is 9.59 Å². The van der Waals surface area contributed by atoms with E-state index in [1.807, 2.05) is 0 Å². The number of amides is 1. The van der Waals surface area contributed by atoms with Crippen molar-refractivity contribution < 1.29 is 37.9 Å². The van der Waals surface area contributed by atoms with E-state index < -0.39 is 29.7 Å². The van der Waals surface area contributed by atoms with Crippen LogP contribution in [0.5, 0.6) is 5.75 Å². The molecule has 1 aliphatic heterocycles. The summed E-state index contributed by atoms with van der Waals surface area (Å²) in [6.07, 6.45) is 2.04. The first kappa shape index (κ1) is 25.5. The summed E-state index contributed by atoms with van der Waals surface area (Å²) in [5, 5.41) is 11.1. The van der Waals surface area contributed by atoms with Gasteiger partial charge in [-0.05, 0) is 37.1 Å². The van der Waals surface area contributed by atoms with Crippen LogP contribution in [0, 0.1) is 0 Å². The van der Waals surface area contributed by atoms with Gasteiger partial charge in [0.05, 0.1) is 5.02 Å². The molecule has 4 rings (SSSR count). The number of aryl methyl sites for hydroxylation is 1. The van der Waals surface area contributed by atoms with Crippen molar-refractivity contribution in [2.24, 2.45) is 0 Å². The molecule has 1 aliphatic rings. The number of unbranched alkanes of at least 4 members (excludes halogenated alkanes) is 2. The second kappa shape index (κ2) is 11.0. The lowest BCUT2D eigenvalue weighted by Gasteiger charge is -2.18. The maximum atomic E-state index is 12.5. The lowest BCUT2D eigenvalue weighted by Crippen LogP contribution is -2.35. The van der Waals surface area contributed by atoms with E-state index in [2.05, 4.69) is 0 Å². The third kappa shape index (κ3) is 5.95. The predicted octanol–water partition coefficient (Wildman–Crippen LogP) is 4.13. The van der Waals surface area contributed by atoms with Crippen LogP contribution in [0.25, 0.3) is 22.3 Å². The molecule has 3 aromatic rings. The van der Waals surface area contributed by atoms with E-state index in [0.29, 0.717) is 36.2 Å². The maximum Gasteiger partial charge on any atom is 0.347 e. The Morgan fingerprint density at radius 2 is 1.94 bits per heavy atom. The smallest absolute Gasteiger partial charge is 0.347 e. The zero-order valence-electron chi connectivity index (χ0n) is 19.5. The molecule has 190 valence electrons. The molecule has 3 heterocycles. The summed E-state index contributed by atoms with van der Waals surface area (Å²) in [6, 6.07) is 7.97. The quantitative estimate of drug-likeness (QED) is 0.192. The number of furan rings is 1. The van der Waals surface area contributed by atoms with Gasteiger partial charge >= 0.3 is 17.6 Å². The summed E-state index contributed by atoms with van der Waals surface area (Å²) in [4.78, 5) is 52.1. The Labute approximate surface area is 210 Å². The normalized spacial score (nSPS) is 15.5. The van der Waals surface area contributed by atoms with Crippen LogP contribution in [-0.4, -0.2) is 34.2 Å². The number of aliphatic hydroxyl groups excluding tert-OH is 1. The average Bonchev–Trinajstić information content (AvgIpc) is 3.41. The fourth-order valence-electron chi connectivity index (χ4n) is 3.84. The van der Waals surface area contributed by atoms with Crippen LogP contribution in [0.2, 0.25) is 5.02 Å². The van der Waals surface area contributed by atoms with Crippen molar-refractivity contribution in [2.75, 3.05) is 0 Å². The summed E-state index contributed by atoms with van der Waals surface area (Å²) >= 11 is 6.17. The first-order valence-electron chi connectivity index (χ1n) is 11.5. The highest BCUT2D eigenvalue weighted by atomic mass is 35.5. The van der Waals surface area contributed by atoms with Crippen molar-refractivity contribution in [1.29, 1.82) is 0 Å². The Hall–Kier alpha value is -3.63. The third-order valence-electron chi connectivity index (χ3n) is 5.60. The van der Waals surface area contributed by atoms with Gasteiger partial charge in [-0.2, -0.15) is 0 Å². The highest BCUT2D eigenvalue weighted by Crippen LogP contribution is 2.32. The molecule has 11 heteroatoms. The minimum atomic E-state index is -1.07. The van der Waals surface area contributed by atoms with Crippen molar-refractivity contribution in [3.8, 4) is 17.1 Å². The summed E-state index contributed by atoms with van der Waals surface area (Å²) in [5.41, 5.74) is -0.163. The monoisotopic (exact) mass is 517 g/mol.